The highest BCUT2D eigenvalue weighted by atomic mass is 32.2. The summed E-state index contributed by atoms with van der Waals surface area (Å²) in [5.74, 6) is -0.0154. The molecule has 0 aliphatic rings. The van der Waals surface area contributed by atoms with Gasteiger partial charge in [-0.2, -0.15) is 4.31 Å². The number of thiophene rings is 1. The largest absolute Gasteiger partial charge is 0.399 e. The van der Waals surface area contributed by atoms with Gasteiger partial charge in [-0.25, -0.2) is 8.42 Å². The lowest BCUT2D eigenvalue weighted by atomic mass is 10.2. The van der Waals surface area contributed by atoms with Gasteiger partial charge >= 0.3 is 0 Å². The summed E-state index contributed by atoms with van der Waals surface area (Å²) in [5.41, 5.74) is 6.99. The zero-order valence-corrected chi connectivity index (χ0v) is 14.0. The third-order valence-corrected chi connectivity index (χ3v) is 6.55. The molecule has 21 heavy (non-hydrogen) atoms. The van der Waals surface area contributed by atoms with E-state index in [0.29, 0.717) is 5.69 Å². The van der Waals surface area contributed by atoms with E-state index in [4.69, 9.17) is 5.73 Å². The van der Waals surface area contributed by atoms with Crippen LogP contribution in [0.1, 0.15) is 28.3 Å². The van der Waals surface area contributed by atoms with Crippen LogP contribution in [0, 0.1) is 6.92 Å². The van der Waals surface area contributed by atoms with Crippen LogP contribution in [0.2, 0.25) is 0 Å². The maximum absolute atomic E-state index is 12.5. The Morgan fingerprint density at radius 1 is 1.19 bits per heavy atom. The number of aryl methyl sites for hydroxylation is 1. The van der Waals surface area contributed by atoms with E-state index < -0.39 is 10.0 Å². The first-order chi connectivity index (χ1) is 9.79. The molecular weight excluding hydrogens is 304 g/mol. The quantitative estimate of drug-likeness (QED) is 0.859. The third kappa shape index (κ3) is 3.84. The van der Waals surface area contributed by atoms with Crippen molar-refractivity contribution in [2.45, 2.75) is 25.6 Å². The van der Waals surface area contributed by atoms with E-state index in [2.05, 4.69) is 0 Å². The van der Waals surface area contributed by atoms with Crippen molar-refractivity contribution in [3.63, 3.8) is 0 Å². The van der Waals surface area contributed by atoms with Crippen LogP contribution < -0.4 is 5.73 Å². The molecule has 0 fully saturated rings. The van der Waals surface area contributed by atoms with Gasteiger partial charge in [-0.3, -0.25) is 0 Å². The Kier molecular flexibility index (Phi) is 4.70. The van der Waals surface area contributed by atoms with E-state index in [0.717, 1.165) is 10.4 Å². The van der Waals surface area contributed by atoms with Gasteiger partial charge in [0, 0.05) is 22.5 Å². The van der Waals surface area contributed by atoms with Crippen LogP contribution in [0.5, 0.6) is 0 Å². The van der Waals surface area contributed by atoms with Gasteiger partial charge in [-0.15, -0.1) is 11.3 Å². The standard InChI is InChI=1S/C15H20N2O2S2/c1-11-4-9-15(20-11)12(2)17(3)21(18,19)10-13-5-7-14(16)8-6-13/h4-9,12H,10,16H2,1-3H3. The minimum absolute atomic E-state index is 0.0154. The van der Waals surface area contributed by atoms with Gasteiger partial charge in [0.05, 0.1) is 11.8 Å². The summed E-state index contributed by atoms with van der Waals surface area (Å²) < 4.78 is 26.5. The number of rotatable bonds is 5. The van der Waals surface area contributed by atoms with Gasteiger partial charge in [-0.1, -0.05) is 12.1 Å². The van der Waals surface area contributed by atoms with E-state index in [1.807, 2.05) is 26.0 Å². The molecule has 0 bridgehead atoms. The molecular formula is C15H20N2O2S2. The van der Waals surface area contributed by atoms with Gasteiger partial charge in [0.1, 0.15) is 0 Å². The average molecular weight is 324 g/mol. The molecule has 2 aromatic rings. The van der Waals surface area contributed by atoms with Crippen LogP contribution in [0.15, 0.2) is 36.4 Å². The summed E-state index contributed by atoms with van der Waals surface area (Å²) in [6.07, 6.45) is 0. The van der Waals surface area contributed by atoms with Crippen LogP contribution in [0.4, 0.5) is 5.69 Å². The van der Waals surface area contributed by atoms with Gasteiger partial charge in [0.2, 0.25) is 10.0 Å². The predicted octanol–water partition coefficient (Wildman–Crippen LogP) is 3.16. The maximum Gasteiger partial charge on any atom is 0.218 e. The fraction of sp³-hybridized carbons (Fsp3) is 0.333. The molecule has 2 N–H and O–H groups in total. The number of sulfonamides is 1. The zero-order chi connectivity index (χ0) is 15.6. The Morgan fingerprint density at radius 3 is 2.33 bits per heavy atom. The van der Waals surface area contributed by atoms with Crippen LogP contribution in [-0.2, 0) is 15.8 Å². The summed E-state index contributed by atoms with van der Waals surface area (Å²) in [5, 5.41) is 0. The van der Waals surface area contributed by atoms with Crippen LogP contribution in [0.25, 0.3) is 0 Å². The molecule has 0 aliphatic heterocycles. The number of anilines is 1. The SMILES string of the molecule is Cc1ccc(C(C)N(C)S(=O)(=O)Cc2ccc(N)cc2)s1. The second-order valence-electron chi connectivity index (χ2n) is 5.14. The van der Waals surface area contributed by atoms with E-state index >= 15 is 0 Å². The molecule has 0 amide bonds. The highest BCUT2D eigenvalue weighted by Gasteiger charge is 2.25. The minimum Gasteiger partial charge on any atom is -0.399 e. The third-order valence-electron chi connectivity index (χ3n) is 3.49. The van der Waals surface area contributed by atoms with E-state index in [1.165, 1.54) is 9.18 Å². The summed E-state index contributed by atoms with van der Waals surface area (Å²) in [6.45, 7) is 3.93. The number of nitrogens with two attached hydrogens (primary N) is 1. The molecule has 0 saturated heterocycles. The second kappa shape index (κ2) is 6.17. The lowest BCUT2D eigenvalue weighted by molar-refractivity contribution is 0.402. The fourth-order valence-electron chi connectivity index (χ4n) is 2.02. The monoisotopic (exact) mass is 324 g/mol. The van der Waals surface area contributed by atoms with Gasteiger partial charge in [0.25, 0.3) is 0 Å². The number of hydrogen-bond acceptors (Lipinski definition) is 4. The topological polar surface area (TPSA) is 63.4 Å². The normalized spacial score (nSPS) is 13.5. The average Bonchev–Trinajstić information content (AvgIpc) is 2.86. The molecule has 0 radical (unpaired) electrons. The van der Waals surface area contributed by atoms with Crippen molar-refractivity contribution in [2.24, 2.45) is 0 Å². The molecule has 0 aliphatic carbocycles. The zero-order valence-electron chi connectivity index (χ0n) is 12.4. The Morgan fingerprint density at radius 2 is 1.81 bits per heavy atom. The number of benzene rings is 1. The molecule has 1 heterocycles. The fourth-order valence-corrected chi connectivity index (χ4v) is 4.48. The summed E-state index contributed by atoms with van der Waals surface area (Å²) in [6, 6.07) is 10.8. The number of hydrogen-bond donors (Lipinski definition) is 1. The van der Waals surface area contributed by atoms with Gasteiger partial charge < -0.3 is 5.73 Å². The summed E-state index contributed by atoms with van der Waals surface area (Å²) in [4.78, 5) is 2.23. The Bertz CT molecular complexity index is 706. The van der Waals surface area contributed by atoms with Crippen molar-refractivity contribution >= 4 is 27.0 Å². The maximum atomic E-state index is 12.5. The first-order valence-electron chi connectivity index (χ1n) is 6.66. The molecule has 6 heteroatoms. The van der Waals surface area contributed by atoms with Crippen LogP contribution >= 0.6 is 11.3 Å². The van der Waals surface area contributed by atoms with E-state index in [9.17, 15) is 8.42 Å². The minimum atomic E-state index is -3.37. The van der Waals surface area contributed by atoms with Crippen molar-refractivity contribution in [1.82, 2.24) is 4.31 Å². The first kappa shape index (κ1) is 16.0. The van der Waals surface area contributed by atoms with E-state index in [-0.39, 0.29) is 11.8 Å². The summed E-state index contributed by atoms with van der Waals surface area (Å²) in [7, 11) is -1.73. The van der Waals surface area contributed by atoms with E-state index in [1.54, 1.807) is 42.6 Å². The van der Waals surface area contributed by atoms with Crippen molar-refractivity contribution in [2.75, 3.05) is 12.8 Å². The summed E-state index contributed by atoms with van der Waals surface area (Å²) >= 11 is 1.63. The smallest absolute Gasteiger partial charge is 0.218 e. The molecule has 2 rings (SSSR count). The molecule has 1 atom stereocenters. The Hall–Kier alpha value is -1.37. The number of nitrogens with zero attached hydrogens (tertiary/aromatic N) is 1. The molecule has 1 unspecified atom stereocenters. The van der Waals surface area contributed by atoms with Crippen LogP contribution in [-0.4, -0.2) is 19.8 Å². The number of nitrogen functional groups attached to an aromatic ring is 1. The Labute approximate surface area is 130 Å². The molecule has 4 nitrogen and oxygen atoms in total. The molecule has 0 spiro atoms. The van der Waals surface area contributed by atoms with Crippen LogP contribution in [0.3, 0.4) is 0 Å². The predicted molar refractivity (Wildman–Crippen MR) is 88.7 cm³/mol. The molecule has 1 aromatic carbocycles. The molecule has 1 aromatic heterocycles. The first-order valence-corrected chi connectivity index (χ1v) is 9.08. The van der Waals surface area contributed by atoms with Crippen molar-refractivity contribution in [1.29, 1.82) is 0 Å². The Balaban J connectivity index is 2.16. The van der Waals surface area contributed by atoms with Crippen molar-refractivity contribution in [3.8, 4) is 0 Å². The highest BCUT2D eigenvalue weighted by Crippen LogP contribution is 2.29. The van der Waals surface area contributed by atoms with Gasteiger partial charge in [0.15, 0.2) is 0 Å². The van der Waals surface area contributed by atoms with Crippen molar-refractivity contribution < 1.29 is 8.42 Å². The van der Waals surface area contributed by atoms with Crippen molar-refractivity contribution in [3.05, 3.63) is 51.7 Å². The molecule has 114 valence electrons. The molecule has 0 saturated carbocycles. The highest BCUT2D eigenvalue weighted by molar-refractivity contribution is 7.88. The lowest BCUT2D eigenvalue weighted by Crippen LogP contribution is -2.30. The van der Waals surface area contributed by atoms with Gasteiger partial charge in [-0.05, 0) is 43.7 Å². The lowest BCUT2D eigenvalue weighted by Gasteiger charge is -2.23. The second-order valence-corrected chi connectivity index (χ2v) is 8.49.